The molecule has 0 fully saturated rings. The van der Waals surface area contributed by atoms with E-state index in [0.717, 1.165) is 37.7 Å². The Morgan fingerprint density at radius 2 is 1.87 bits per heavy atom. The first-order chi connectivity index (χ1) is 14.7. The normalized spacial score (nSPS) is 12.8. The number of fused-ring (bicyclic) bond motifs is 1. The quantitative estimate of drug-likeness (QED) is 0.419. The summed E-state index contributed by atoms with van der Waals surface area (Å²) in [5.41, 5.74) is 5.05. The van der Waals surface area contributed by atoms with Crippen molar-refractivity contribution in [3.8, 4) is 20.9 Å². The fourth-order valence-corrected chi connectivity index (χ4v) is 5.01. The maximum absolute atomic E-state index is 12.1. The Bertz CT molecular complexity index is 1220. The summed E-state index contributed by atoms with van der Waals surface area (Å²) in [7, 11) is 1.84. The van der Waals surface area contributed by atoms with Gasteiger partial charge in [0.25, 0.3) is 5.91 Å². The van der Waals surface area contributed by atoms with Crippen LogP contribution < -0.4 is 4.72 Å². The zero-order valence-corrected chi connectivity index (χ0v) is 17.8. The van der Waals surface area contributed by atoms with Crippen molar-refractivity contribution in [2.45, 2.75) is 11.4 Å². The fraction of sp³-hybridized carbons (Fsp3) is 0.0870. The highest BCUT2D eigenvalue weighted by Gasteiger charge is 2.24. The van der Waals surface area contributed by atoms with Crippen LogP contribution in [0.15, 0.2) is 78.2 Å². The second-order valence-corrected chi connectivity index (χ2v) is 9.02. The highest BCUT2D eigenvalue weighted by Crippen LogP contribution is 2.37. The molecule has 5 rings (SSSR count). The first kappa shape index (κ1) is 18.8. The highest BCUT2D eigenvalue weighted by atomic mass is 32.2. The number of pyridine rings is 2. The van der Waals surface area contributed by atoms with Crippen LogP contribution in [0.2, 0.25) is 0 Å². The minimum Gasteiger partial charge on any atom is -0.337 e. The van der Waals surface area contributed by atoms with E-state index in [1.165, 1.54) is 16.8 Å². The number of hydrogen-bond acceptors (Lipinski definition) is 6. The largest absolute Gasteiger partial charge is 0.337 e. The number of benzene rings is 1. The van der Waals surface area contributed by atoms with Gasteiger partial charge < -0.3 is 9.62 Å². The van der Waals surface area contributed by atoms with E-state index < -0.39 is 0 Å². The SMILES string of the molecule is CN1Cc2cc(-c3ccc(-c4cncc(NSc5cccnc5)c4)s3)ccc2C1=O. The Labute approximate surface area is 183 Å². The Kier molecular flexibility index (Phi) is 4.98. The minimum absolute atomic E-state index is 0.1000. The summed E-state index contributed by atoms with van der Waals surface area (Å²) in [4.78, 5) is 25.8. The Morgan fingerprint density at radius 3 is 2.70 bits per heavy atom. The molecule has 1 N–H and O–H groups in total. The number of thiophene rings is 1. The van der Waals surface area contributed by atoms with Crippen LogP contribution in [0.1, 0.15) is 15.9 Å². The topological polar surface area (TPSA) is 58.1 Å². The molecule has 7 heteroatoms. The van der Waals surface area contributed by atoms with Crippen molar-refractivity contribution in [1.82, 2.24) is 14.9 Å². The van der Waals surface area contributed by atoms with Crippen LogP contribution in [-0.2, 0) is 6.54 Å². The lowest BCUT2D eigenvalue weighted by molar-refractivity contribution is 0.0816. The standard InChI is InChI=1S/C23H18N4OS2/c1-27-14-17-9-15(4-5-20(17)23(27)28)21-6-7-22(29-21)16-10-18(12-25-11-16)26-30-19-3-2-8-24-13-19/h2-13,26H,14H2,1H3. The summed E-state index contributed by atoms with van der Waals surface area (Å²) in [6.45, 7) is 0.673. The molecule has 0 radical (unpaired) electrons. The first-order valence-corrected chi connectivity index (χ1v) is 11.1. The van der Waals surface area contributed by atoms with Gasteiger partial charge >= 0.3 is 0 Å². The third-order valence-corrected chi connectivity index (χ3v) is 6.92. The highest BCUT2D eigenvalue weighted by molar-refractivity contribution is 8.00. The maximum Gasteiger partial charge on any atom is 0.254 e. The van der Waals surface area contributed by atoms with Crippen LogP contribution in [0.3, 0.4) is 0 Å². The molecule has 0 bridgehead atoms. The van der Waals surface area contributed by atoms with Crippen molar-refractivity contribution in [3.05, 3.63) is 84.4 Å². The molecule has 1 aliphatic heterocycles. The lowest BCUT2D eigenvalue weighted by Gasteiger charge is -2.06. The molecule has 3 aromatic heterocycles. The Morgan fingerprint density at radius 1 is 1.00 bits per heavy atom. The van der Waals surface area contributed by atoms with Gasteiger partial charge in [-0.2, -0.15) is 0 Å². The number of hydrogen-bond donors (Lipinski definition) is 1. The van der Waals surface area contributed by atoms with Gasteiger partial charge in [-0.3, -0.25) is 14.8 Å². The fourth-order valence-electron chi connectivity index (χ4n) is 3.42. The van der Waals surface area contributed by atoms with Crippen LogP contribution >= 0.6 is 23.3 Å². The second-order valence-electron chi connectivity index (χ2n) is 7.05. The lowest BCUT2D eigenvalue weighted by atomic mass is 10.1. The molecule has 0 aliphatic carbocycles. The van der Waals surface area contributed by atoms with Crippen molar-refractivity contribution in [1.29, 1.82) is 0 Å². The monoisotopic (exact) mass is 430 g/mol. The second kappa shape index (κ2) is 7.93. The van der Waals surface area contributed by atoms with E-state index in [1.54, 1.807) is 22.4 Å². The summed E-state index contributed by atoms with van der Waals surface area (Å²) in [6.07, 6.45) is 7.28. The first-order valence-electron chi connectivity index (χ1n) is 9.44. The number of aromatic nitrogens is 2. The summed E-state index contributed by atoms with van der Waals surface area (Å²) in [5.74, 6) is 0.1000. The predicted octanol–water partition coefficient (Wildman–Crippen LogP) is 5.58. The number of nitrogens with one attached hydrogen (secondary N) is 1. The van der Waals surface area contributed by atoms with Crippen molar-refractivity contribution in [3.63, 3.8) is 0 Å². The van der Waals surface area contributed by atoms with E-state index in [9.17, 15) is 4.79 Å². The molecule has 5 nitrogen and oxygen atoms in total. The number of anilines is 1. The summed E-state index contributed by atoms with van der Waals surface area (Å²) in [5, 5.41) is 0. The van der Waals surface area contributed by atoms with Crippen LogP contribution in [0.5, 0.6) is 0 Å². The van der Waals surface area contributed by atoms with Gasteiger partial charge in [-0.25, -0.2) is 0 Å². The van der Waals surface area contributed by atoms with Gasteiger partial charge in [0, 0.05) is 58.0 Å². The van der Waals surface area contributed by atoms with Crippen molar-refractivity contribution in [2.24, 2.45) is 0 Å². The third kappa shape index (κ3) is 3.69. The van der Waals surface area contributed by atoms with Gasteiger partial charge in [-0.1, -0.05) is 6.07 Å². The molecular weight excluding hydrogens is 412 g/mol. The van der Waals surface area contributed by atoms with Crippen molar-refractivity contribution < 1.29 is 4.79 Å². The molecule has 4 heterocycles. The van der Waals surface area contributed by atoms with Crippen LogP contribution in [0.25, 0.3) is 20.9 Å². The zero-order chi connectivity index (χ0) is 20.5. The van der Waals surface area contributed by atoms with E-state index in [0.29, 0.717) is 6.54 Å². The van der Waals surface area contributed by atoms with E-state index >= 15 is 0 Å². The molecule has 0 saturated carbocycles. The van der Waals surface area contributed by atoms with Crippen molar-refractivity contribution >= 4 is 34.9 Å². The smallest absolute Gasteiger partial charge is 0.254 e. The predicted molar refractivity (Wildman–Crippen MR) is 123 cm³/mol. The minimum atomic E-state index is 0.1000. The molecule has 4 aromatic rings. The van der Waals surface area contributed by atoms with Crippen LogP contribution in [0.4, 0.5) is 5.69 Å². The van der Waals surface area contributed by atoms with Gasteiger partial charge in [0.05, 0.1) is 11.9 Å². The van der Waals surface area contributed by atoms with Crippen molar-refractivity contribution in [2.75, 3.05) is 11.8 Å². The molecule has 0 spiro atoms. The average Bonchev–Trinajstić information content (AvgIpc) is 3.38. The lowest BCUT2D eigenvalue weighted by Crippen LogP contribution is -2.17. The van der Waals surface area contributed by atoms with E-state index in [4.69, 9.17) is 0 Å². The summed E-state index contributed by atoms with van der Waals surface area (Å²) >= 11 is 3.24. The summed E-state index contributed by atoms with van der Waals surface area (Å²) < 4.78 is 3.33. The molecular formula is C23H18N4OS2. The zero-order valence-electron chi connectivity index (χ0n) is 16.2. The Hall–Kier alpha value is -3.16. The molecule has 1 amide bonds. The third-order valence-electron chi connectivity index (χ3n) is 4.92. The average molecular weight is 431 g/mol. The molecule has 0 unspecified atom stereocenters. The maximum atomic E-state index is 12.1. The molecule has 148 valence electrons. The van der Waals surface area contributed by atoms with Gasteiger partial charge in [-0.15, -0.1) is 11.3 Å². The summed E-state index contributed by atoms with van der Waals surface area (Å²) in [6, 6.07) is 16.4. The number of carbonyl (C=O) groups excluding carboxylic acids is 1. The van der Waals surface area contributed by atoms with Crippen LogP contribution in [-0.4, -0.2) is 27.8 Å². The van der Waals surface area contributed by atoms with E-state index in [1.807, 2.05) is 49.9 Å². The van der Waals surface area contributed by atoms with E-state index in [-0.39, 0.29) is 5.91 Å². The van der Waals surface area contributed by atoms with Gasteiger partial charge in [-0.05, 0) is 65.5 Å². The number of rotatable bonds is 5. The van der Waals surface area contributed by atoms with Gasteiger partial charge in [0.15, 0.2) is 0 Å². The van der Waals surface area contributed by atoms with E-state index in [2.05, 4.69) is 39.0 Å². The Balaban J connectivity index is 1.36. The molecule has 0 atom stereocenters. The van der Waals surface area contributed by atoms with Gasteiger partial charge in [0.2, 0.25) is 0 Å². The molecule has 1 aliphatic rings. The molecule has 0 saturated heterocycles. The van der Waals surface area contributed by atoms with Crippen LogP contribution in [0, 0.1) is 0 Å². The molecule has 30 heavy (non-hydrogen) atoms. The molecule has 1 aromatic carbocycles. The number of amides is 1. The number of nitrogens with zero attached hydrogens (tertiary/aromatic N) is 3. The van der Waals surface area contributed by atoms with Gasteiger partial charge in [0.1, 0.15) is 0 Å². The number of carbonyl (C=O) groups is 1.